The van der Waals surface area contributed by atoms with Crippen molar-refractivity contribution in [3.63, 3.8) is 0 Å². The van der Waals surface area contributed by atoms with Gasteiger partial charge in [-0.15, -0.1) is 0 Å². The van der Waals surface area contributed by atoms with E-state index in [9.17, 15) is 4.39 Å². The van der Waals surface area contributed by atoms with Crippen LogP contribution in [-0.4, -0.2) is 22.9 Å². The summed E-state index contributed by atoms with van der Waals surface area (Å²) in [5.74, 6) is -0.222. The molecule has 90 valence electrons. The van der Waals surface area contributed by atoms with Crippen molar-refractivity contribution in [3.05, 3.63) is 42.3 Å². The first-order valence-corrected chi connectivity index (χ1v) is 5.79. The number of nitrogens with zero attached hydrogens (tertiary/aromatic N) is 2. The average molecular weight is 233 g/mol. The van der Waals surface area contributed by atoms with Crippen molar-refractivity contribution in [2.75, 3.05) is 13.1 Å². The van der Waals surface area contributed by atoms with Crippen LogP contribution in [0, 0.1) is 5.82 Å². The quantitative estimate of drug-likeness (QED) is 0.803. The van der Waals surface area contributed by atoms with Gasteiger partial charge >= 0.3 is 0 Å². The molecule has 0 unspecified atom stereocenters. The van der Waals surface area contributed by atoms with Gasteiger partial charge in [-0.25, -0.2) is 4.39 Å². The van der Waals surface area contributed by atoms with Gasteiger partial charge in [-0.3, -0.25) is 4.68 Å². The number of halogens is 1. The lowest BCUT2D eigenvalue weighted by atomic mass is 10.1. The molecule has 0 radical (unpaired) electrons. The first kappa shape index (κ1) is 11.8. The van der Waals surface area contributed by atoms with Crippen molar-refractivity contribution in [2.45, 2.75) is 13.5 Å². The third-order valence-corrected chi connectivity index (χ3v) is 2.55. The van der Waals surface area contributed by atoms with Gasteiger partial charge in [-0.2, -0.15) is 5.10 Å². The molecule has 2 aromatic rings. The number of aromatic nitrogens is 2. The third-order valence-electron chi connectivity index (χ3n) is 2.55. The van der Waals surface area contributed by atoms with Crippen molar-refractivity contribution < 1.29 is 4.39 Å². The Labute approximate surface area is 100 Å². The molecule has 0 spiro atoms. The minimum atomic E-state index is -0.222. The van der Waals surface area contributed by atoms with Gasteiger partial charge in [0.25, 0.3) is 0 Å². The molecule has 0 atom stereocenters. The number of rotatable bonds is 5. The Bertz CT molecular complexity index is 462. The largest absolute Gasteiger partial charge is 0.315 e. The van der Waals surface area contributed by atoms with Crippen LogP contribution in [0.5, 0.6) is 0 Å². The first-order chi connectivity index (χ1) is 8.29. The Kier molecular flexibility index (Phi) is 3.88. The van der Waals surface area contributed by atoms with Crippen molar-refractivity contribution in [2.24, 2.45) is 0 Å². The highest BCUT2D eigenvalue weighted by molar-refractivity contribution is 5.58. The van der Waals surface area contributed by atoms with E-state index in [0.717, 1.165) is 30.9 Å². The van der Waals surface area contributed by atoms with Crippen molar-refractivity contribution in [1.29, 1.82) is 0 Å². The number of likely N-dealkylation sites (N-methyl/N-ethyl adjacent to an activating group) is 1. The van der Waals surface area contributed by atoms with E-state index in [1.54, 1.807) is 12.1 Å². The summed E-state index contributed by atoms with van der Waals surface area (Å²) in [6.07, 6.45) is 1.94. The van der Waals surface area contributed by atoms with Gasteiger partial charge in [0, 0.05) is 18.3 Å². The van der Waals surface area contributed by atoms with Gasteiger partial charge in [-0.05, 0) is 36.9 Å². The molecule has 0 aliphatic carbocycles. The number of hydrogen-bond acceptors (Lipinski definition) is 2. The zero-order chi connectivity index (χ0) is 12.1. The molecule has 1 aromatic carbocycles. The van der Waals surface area contributed by atoms with Gasteiger partial charge in [0.1, 0.15) is 5.82 Å². The van der Waals surface area contributed by atoms with E-state index in [1.165, 1.54) is 12.1 Å². The highest BCUT2D eigenvalue weighted by Gasteiger charge is 2.02. The van der Waals surface area contributed by atoms with E-state index in [-0.39, 0.29) is 5.82 Å². The lowest BCUT2D eigenvalue weighted by Gasteiger charge is -2.01. The predicted molar refractivity (Wildman–Crippen MR) is 66.2 cm³/mol. The summed E-state index contributed by atoms with van der Waals surface area (Å²) >= 11 is 0. The second-order valence-corrected chi connectivity index (χ2v) is 3.82. The van der Waals surface area contributed by atoms with Gasteiger partial charge in [0.2, 0.25) is 0 Å². The van der Waals surface area contributed by atoms with E-state index < -0.39 is 0 Å². The Morgan fingerprint density at radius 2 is 2.00 bits per heavy atom. The zero-order valence-electron chi connectivity index (χ0n) is 9.86. The van der Waals surface area contributed by atoms with Crippen LogP contribution in [0.4, 0.5) is 4.39 Å². The number of hydrogen-bond donors (Lipinski definition) is 1. The predicted octanol–water partition coefficient (Wildman–Crippen LogP) is 2.30. The normalized spacial score (nSPS) is 10.7. The van der Waals surface area contributed by atoms with Crippen LogP contribution in [0.2, 0.25) is 0 Å². The smallest absolute Gasteiger partial charge is 0.123 e. The molecule has 0 aliphatic heterocycles. The summed E-state index contributed by atoms with van der Waals surface area (Å²) in [6, 6.07) is 8.33. The minimum Gasteiger partial charge on any atom is -0.315 e. The molecule has 0 aliphatic rings. The second-order valence-electron chi connectivity index (χ2n) is 3.82. The molecule has 3 nitrogen and oxygen atoms in total. The molecule has 1 aromatic heterocycles. The van der Waals surface area contributed by atoms with Crippen LogP contribution in [0.1, 0.15) is 6.92 Å². The second kappa shape index (κ2) is 5.59. The summed E-state index contributed by atoms with van der Waals surface area (Å²) in [6.45, 7) is 4.79. The van der Waals surface area contributed by atoms with Gasteiger partial charge in [0.05, 0.1) is 12.2 Å². The molecule has 0 fully saturated rings. The monoisotopic (exact) mass is 233 g/mol. The summed E-state index contributed by atoms with van der Waals surface area (Å²) in [5, 5.41) is 7.68. The SMILES string of the molecule is CCNCCn1ccc(-c2ccc(F)cc2)n1. The summed E-state index contributed by atoms with van der Waals surface area (Å²) < 4.78 is 14.7. The summed E-state index contributed by atoms with van der Waals surface area (Å²) in [7, 11) is 0. The van der Waals surface area contributed by atoms with E-state index >= 15 is 0 Å². The Morgan fingerprint density at radius 3 is 2.71 bits per heavy atom. The molecule has 0 amide bonds. The molecule has 2 rings (SSSR count). The van der Waals surface area contributed by atoms with E-state index in [0.29, 0.717) is 0 Å². The van der Waals surface area contributed by atoms with Crippen molar-refractivity contribution in [3.8, 4) is 11.3 Å². The molecule has 17 heavy (non-hydrogen) atoms. The van der Waals surface area contributed by atoms with Crippen LogP contribution in [0.15, 0.2) is 36.5 Å². The highest BCUT2D eigenvalue weighted by Crippen LogP contribution is 2.16. The number of nitrogens with one attached hydrogen (secondary N) is 1. The fraction of sp³-hybridized carbons (Fsp3) is 0.308. The highest BCUT2D eigenvalue weighted by atomic mass is 19.1. The Morgan fingerprint density at radius 1 is 1.24 bits per heavy atom. The Balaban J connectivity index is 2.04. The van der Waals surface area contributed by atoms with Gasteiger partial charge in [0.15, 0.2) is 0 Å². The fourth-order valence-electron chi connectivity index (χ4n) is 1.63. The average Bonchev–Trinajstić information content (AvgIpc) is 2.79. The third kappa shape index (κ3) is 3.14. The van der Waals surface area contributed by atoms with Crippen LogP contribution in [0.3, 0.4) is 0 Å². The lowest BCUT2D eigenvalue weighted by Crippen LogP contribution is -2.19. The fourth-order valence-corrected chi connectivity index (χ4v) is 1.63. The van der Waals surface area contributed by atoms with Gasteiger partial charge < -0.3 is 5.32 Å². The maximum atomic E-state index is 12.8. The van der Waals surface area contributed by atoms with Gasteiger partial charge in [-0.1, -0.05) is 6.92 Å². The molecular weight excluding hydrogens is 217 g/mol. The van der Waals surface area contributed by atoms with Crippen LogP contribution in [-0.2, 0) is 6.54 Å². The molecule has 0 bridgehead atoms. The molecular formula is C13H16FN3. The maximum Gasteiger partial charge on any atom is 0.123 e. The first-order valence-electron chi connectivity index (χ1n) is 5.79. The van der Waals surface area contributed by atoms with E-state index in [4.69, 9.17) is 0 Å². The zero-order valence-corrected chi connectivity index (χ0v) is 9.86. The summed E-state index contributed by atoms with van der Waals surface area (Å²) in [5.41, 5.74) is 1.81. The number of benzene rings is 1. The lowest BCUT2D eigenvalue weighted by molar-refractivity contribution is 0.566. The molecule has 0 saturated carbocycles. The topological polar surface area (TPSA) is 29.9 Å². The molecule has 1 heterocycles. The maximum absolute atomic E-state index is 12.8. The van der Waals surface area contributed by atoms with Crippen molar-refractivity contribution >= 4 is 0 Å². The summed E-state index contributed by atoms with van der Waals surface area (Å²) in [4.78, 5) is 0. The minimum absolute atomic E-state index is 0.222. The molecule has 4 heteroatoms. The molecule has 1 N–H and O–H groups in total. The van der Waals surface area contributed by atoms with E-state index in [2.05, 4.69) is 17.3 Å². The van der Waals surface area contributed by atoms with Crippen LogP contribution < -0.4 is 5.32 Å². The Hall–Kier alpha value is -1.68. The standard InChI is InChI=1S/C13H16FN3/c1-2-15-8-10-17-9-7-13(16-17)11-3-5-12(14)6-4-11/h3-7,9,15H,2,8,10H2,1H3. The molecule has 0 saturated heterocycles. The van der Waals surface area contributed by atoms with Crippen LogP contribution >= 0.6 is 0 Å². The van der Waals surface area contributed by atoms with Crippen LogP contribution in [0.25, 0.3) is 11.3 Å². The van der Waals surface area contributed by atoms with E-state index in [1.807, 2.05) is 16.9 Å². The van der Waals surface area contributed by atoms with Crippen molar-refractivity contribution in [1.82, 2.24) is 15.1 Å².